The van der Waals surface area contributed by atoms with Crippen LogP contribution in [0.15, 0.2) is 35.2 Å². The van der Waals surface area contributed by atoms with Crippen LogP contribution in [0.1, 0.15) is 6.92 Å². The summed E-state index contributed by atoms with van der Waals surface area (Å²) in [6, 6.07) is 0. The van der Waals surface area contributed by atoms with E-state index in [1.54, 1.807) is 6.92 Å². The Balaban J connectivity index is 3.01. The van der Waals surface area contributed by atoms with Gasteiger partial charge in [0.05, 0.1) is 5.70 Å². The van der Waals surface area contributed by atoms with Crippen molar-refractivity contribution in [3.8, 4) is 0 Å². The summed E-state index contributed by atoms with van der Waals surface area (Å²) >= 11 is 0. The molecule has 0 aromatic rings. The minimum Gasteiger partial charge on any atom is -0.423 e. The third-order valence-corrected chi connectivity index (χ3v) is 1.71. The molecule has 1 aliphatic heterocycles. The molecule has 0 atom stereocenters. The summed E-state index contributed by atoms with van der Waals surface area (Å²) in [6.07, 6.45) is 4.55. The van der Waals surface area contributed by atoms with E-state index in [-0.39, 0.29) is 0 Å². The molecule has 5 nitrogen and oxygen atoms in total. The third kappa shape index (κ3) is 2.12. The van der Waals surface area contributed by atoms with Crippen LogP contribution in [0, 0.1) is 0 Å². The Morgan fingerprint density at radius 3 is 2.62 bits per heavy atom. The van der Waals surface area contributed by atoms with E-state index in [9.17, 15) is 0 Å². The van der Waals surface area contributed by atoms with E-state index in [4.69, 9.17) is 21.6 Å². The van der Waals surface area contributed by atoms with E-state index in [1.165, 1.54) is 23.4 Å². The van der Waals surface area contributed by atoms with Gasteiger partial charge in [-0.2, -0.15) is 0 Å². The summed E-state index contributed by atoms with van der Waals surface area (Å²) in [5, 5.41) is 19.1. The van der Waals surface area contributed by atoms with Gasteiger partial charge in [0.2, 0.25) is 0 Å². The average Bonchev–Trinajstić information content (AvgIpc) is 2.04. The normalized spacial score (nSPS) is 20.0. The standard InChI is InChI=1S/C7H12BN3O2/c1-5(9)7-4-6(8(12)13)2-3-11(7)10/h2-4,12-13H,9-10H2,1H3/b7-5-. The molecule has 0 saturated heterocycles. The molecule has 0 aliphatic carbocycles. The van der Waals surface area contributed by atoms with Gasteiger partial charge in [-0.15, -0.1) is 0 Å². The predicted octanol–water partition coefficient (Wildman–Crippen LogP) is -1.18. The number of allylic oxidation sites excluding steroid dienone is 4. The highest BCUT2D eigenvalue weighted by Crippen LogP contribution is 2.15. The molecule has 0 spiro atoms. The summed E-state index contributed by atoms with van der Waals surface area (Å²) < 4.78 is 0. The maximum atomic E-state index is 8.88. The molecule has 1 heterocycles. The molecule has 0 fully saturated rings. The average molecular weight is 181 g/mol. The number of hydrazine groups is 1. The van der Waals surface area contributed by atoms with E-state index in [2.05, 4.69) is 0 Å². The van der Waals surface area contributed by atoms with E-state index < -0.39 is 7.12 Å². The molecule has 0 aromatic carbocycles. The quantitative estimate of drug-likeness (QED) is 0.301. The van der Waals surface area contributed by atoms with Gasteiger partial charge >= 0.3 is 7.12 Å². The fraction of sp³-hybridized carbons (Fsp3) is 0.143. The zero-order chi connectivity index (χ0) is 10.0. The van der Waals surface area contributed by atoms with Gasteiger partial charge in [0.25, 0.3) is 0 Å². The van der Waals surface area contributed by atoms with Gasteiger partial charge in [-0.05, 0) is 24.5 Å². The van der Waals surface area contributed by atoms with Crippen molar-refractivity contribution >= 4 is 7.12 Å². The van der Waals surface area contributed by atoms with Crippen molar-refractivity contribution in [2.24, 2.45) is 11.6 Å². The van der Waals surface area contributed by atoms with Crippen molar-refractivity contribution in [3.63, 3.8) is 0 Å². The van der Waals surface area contributed by atoms with Crippen LogP contribution in [0.3, 0.4) is 0 Å². The molecule has 6 heteroatoms. The van der Waals surface area contributed by atoms with Crippen molar-refractivity contribution in [1.82, 2.24) is 5.01 Å². The Labute approximate surface area is 76.7 Å². The van der Waals surface area contributed by atoms with Gasteiger partial charge in [0.1, 0.15) is 0 Å². The molecule has 0 radical (unpaired) electrons. The van der Waals surface area contributed by atoms with E-state index >= 15 is 0 Å². The van der Waals surface area contributed by atoms with Crippen LogP contribution in [0.5, 0.6) is 0 Å². The summed E-state index contributed by atoms with van der Waals surface area (Å²) in [6.45, 7) is 1.69. The van der Waals surface area contributed by atoms with Gasteiger partial charge < -0.3 is 15.8 Å². The Morgan fingerprint density at radius 2 is 2.15 bits per heavy atom. The number of hydrogen-bond donors (Lipinski definition) is 4. The molecule has 1 rings (SSSR count). The molecule has 0 bridgehead atoms. The van der Waals surface area contributed by atoms with Crippen molar-refractivity contribution in [2.75, 3.05) is 0 Å². The first-order valence-electron chi connectivity index (χ1n) is 3.78. The second-order valence-corrected chi connectivity index (χ2v) is 2.81. The largest absolute Gasteiger partial charge is 0.488 e. The predicted molar refractivity (Wildman–Crippen MR) is 50.3 cm³/mol. The fourth-order valence-electron chi connectivity index (χ4n) is 1.01. The Kier molecular flexibility index (Phi) is 2.77. The first-order chi connectivity index (χ1) is 6.02. The van der Waals surface area contributed by atoms with Crippen LogP contribution in [-0.2, 0) is 0 Å². The second-order valence-electron chi connectivity index (χ2n) is 2.81. The number of nitrogens with two attached hydrogens (primary N) is 2. The van der Waals surface area contributed by atoms with Crippen molar-refractivity contribution in [1.29, 1.82) is 0 Å². The summed E-state index contributed by atoms with van der Waals surface area (Å²) in [7, 11) is -1.50. The lowest BCUT2D eigenvalue weighted by molar-refractivity contribution is 0.418. The van der Waals surface area contributed by atoms with Crippen LogP contribution in [0.2, 0.25) is 0 Å². The summed E-state index contributed by atoms with van der Waals surface area (Å²) in [4.78, 5) is 0. The first-order valence-corrected chi connectivity index (χ1v) is 3.78. The topological polar surface area (TPSA) is 95.7 Å². The van der Waals surface area contributed by atoms with Crippen LogP contribution < -0.4 is 11.6 Å². The fourth-order valence-corrected chi connectivity index (χ4v) is 1.01. The van der Waals surface area contributed by atoms with Gasteiger partial charge in [-0.25, -0.2) is 5.84 Å². The zero-order valence-electron chi connectivity index (χ0n) is 7.31. The van der Waals surface area contributed by atoms with Gasteiger partial charge in [-0.3, -0.25) is 5.01 Å². The second kappa shape index (κ2) is 3.65. The molecular formula is C7H12BN3O2. The van der Waals surface area contributed by atoms with Crippen molar-refractivity contribution < 1.29 is 10.0 Å². The van der Waals surface area contributed by atoms with E-state index in [1.807, 2.05) is 0 Å². The molecule has 1 aliphatic rings. The zero-order valence-corrected chi connectivity index (χ0v) is 7.31. The monoisotopic (exact) mass is 181 g/mol. The van der Waals surface area contributed by atoms with Crippen LogP contribution in [0.25, 0.3) is 0 Å². The SMILES string of the molecule is C/C(N)=C1\C=C(B(O)O)C=CN1N. The van der Waals surface area contributed by atoms with Crippen LogP contribution in [-0.4, -0.2) is 22.2 Å². The Bertz CT molecular complexity index is 292. The number of hydrogen-bond acceptors (Lipinski definition) is 5. The van der Waals surface area contributed by atoms with Crippen LogP contribution in [0.4, 0.5) is 0 Å². The maximum absolute atomic E-state index is 8.88. The van der Waals surface area contributed by atoms with Gasteiger partial charge in [0.15, 0.2) is 0 Å². The lowest BCUT2D eigenvalue weighted by Crippen LogP contribution is -2.29. The van der Waals surface area contributed by atoms with Gasteiger partial charge in [-0.1, -0.05) is 0 Å². The molecular weight excluding hydrogens is 169 g/mol. The molecule has 70 valence electrons. The van der Waals surface area contributed by atoms with Crippen molar-refractivity contribution in [3.05, 3.63) is 35.2 Å². The first kappa shape index (κ1) is 9.85. The highest BCUT2D eigenvalue weighted by Gasteiger charge is 2.17. The molecule has 0 amide bonds. The highest BCUT2D eigenvalue weighted by molar-refractivity contribution is 6.51. The van der Waals surface area contributed by atoms with E-state index in [0.29, 0.717) is 16.9 Å². The highest BCUT2D eigenvalue weighted by atomic mass is 16.4. The van der Waals surface area contributed by atoms with E-state index in [0.717, 1.165) is 0 Å². The minimum atomic E-state index is -1.50. The minimum absolute atomic E-state index is 0.363. The lowest BCUT2D eigenvalue weighted by atomic mass is 9.78. The molecule has 13 heavy (non-hydrogen) atoms. The Morgan fingerprint density at radius 1 is 1.54 bits per heavy atom. The Hall–Kier alpha value is -1.24. The summed E-state index contributed by atoms with van der Waals surface area (Å²) in [5.41, 5.74) is 6.98. The van der Waals surface area contributed by atoms with Crippen LogP contribution >= 0.6 is 0 Å². The number of nitrogens with zero attached hydrogens (tertiary/aromatic N) is 1. The van der Waals surface area contributed by atoms with Gasteiger partial charge in [0, 0.05) is 11.9 Å². The number of rotatable bonds is 1. The molecule has 0 saturated carbocycles. The third-order valence-electron chi connectivity index (χ3n) is 1.71. The van der Waals surface area contributed by atoms with Crippen molar-refractivity contribution in [2.45, 2.75) is 6.92 Å². The molecule has 6 N–H and O–H groups in total. The lowest BCUT2D eigenvalue weighted by Gasteiger charge is -2.21. The summed E-state index contributed by atoms with van der Waals surface area (Å²) in [5.74, 6) is 5.54. The molecule has 0 unspecified atom stereocenters. The smallest absolute Gasteiger partial charge is 0.423 e. The molecule has 0 aromatic heterocycles. The maximum Gasteiger partial charge on any atom is 0.488 e.